The van der Waals surface area contributed by atoms with E-state index in [0.717, 1.165) is 10.9 Å². The third-order valence-corrected chi connectivity index (χ3v) is 2.24. The molecule has 0 saturated heterocycles. The second-order valence-electron chi connectivity index (χ2n) is 3.00. The molecule has 0 N–H and O–H groups in total. The molecule has 0 aliphatic carbocycles. The number of fused-ring (bicyclic) bond motifs is 1. The molecule has 1 aromatic heterocycles. The van der Waals surface area contributed by atoms with Crippen LogP contribution in [0.15, 0.2) is 33.5 Å². The Labute approximate surface area is 85.9 Å². The summed E-state index contributed by atoms with van der Waals surface area (Å²) >= 11 is 3.67. The van der Waals surface area contributed by atoms with Crippen molar-refractivity contribution in [3.8, 4) is 5.75 Å². The predicted molar refractivity (Wildman–Crippen MR) is 56.8 cm³/mol. The zero-order valence-electron chi connectivity index (χ0n) is 7.48. The summed E-state index contributed by atoms with van der Waals surface area (Å²) in [6.45, 7) is 1.86. The van der Waals surface area contributed by atoms with E-state index in [1.54, 1.807) is 12.1 Å². The number of rotatable bonds is 1. The second-order valence-corrected chi connectivity index (χ2v) is 3.18. The lowest BCUT2D eigenvalue weighted by Gasteiger charge is -2.01. The molecule has 2 rings (SSSR count). The van der Waals surface area contributed by atoms with Crippen molar-refractivity contribution in [2.45, 2.75) is 6.92 Å². The van der Waals surface area contributed by atoms with Gasteiger partial charge in [-0.05, 0) is 24.6 Å². The van der Waals surface area contributed by atoms with Gasteiger partial charge in [0.25, 0.3) is 0 Å². The van der Waals surface area contributed by atoms with Gasteiger partial charge < -0.3 is 8.60 Å². The highest BCUT2D eigenvalue weighted by molar-refractivity contribution is 7.75. The van der Waals surface area contributed by atoms with Gasteiger partial charge in [-0.15, -0.1) is 0 Å². The average molecular weight is 208 g/mol. The summed E-state index contributed by atoms with van der Waals surface area (Å²) in [4.78, 5) is 11.1. The van der Waals surface area contributed by atoms with E-state index in [-0.39, 0.29) is 5.63 Å². The van der Waals surface area contributed by atoms with Crippen LogP contribution >= 0.6 is 12.9 Å². The Morgan fingerprint density at radius 3 is 2.86 bits per heavy atom. The second kappa shape index (κ2) is 3.38. The van der Waals surface area contributed by atoms with E-state index in [9.17, 15) is 4.79 Å². The molecular formula is C10H8O3S. The number of hydrogen-bond donors (Lipinski definition) is 1. The number of hydrogen-bond acceptors (Lipinski definition) is 4. The van der Waals surface area contributed by atoms with Gasteiger partial charge in [-0.1, -0.05) is 0 Å². The van der Waals surface area contributed by atoms with E-state index in [0.29, 0.717) is 11.3 Å². The van der Waals surface area contributed by atoms with Crippen molar-refractivity contribution in [1.29, 1.82) is 0 Å². The standard InChI is InChI=1S/C10H8O3S/c1-6-4-10(11)12-9-5-7(13-14)2-3-8(6)9/h2-5,14H,1H3. The zero-order valence-corrected chi connectivity index (χ0v) is 8.38. The van der Waals surface area contributed by atoms with E-state index in [1.807, 2.05) is 13.0 Å². The molecule has 1 aromatic carbocycles. The first kappa shape index (κ1) is 9.15. The van der Waals surface area contributed by atoms with Crippen LogP contribution in [0.1, 0.15) is 5.56 Å². The molecule has 0 saturated carbocycles. The van der Waals surface area contributed by atoms with Crippen LogP contribution in [0.3, 0.4) is 0 Å². The fourth-order valence-corrected chi connectivity index (χ4v) is 1.48. The van der Waals surface area contributed by atoms with Crippen molar-refractivity contribution < 1.29 is 8.60 Å². The Kier molecular flexibility index (Phi) is 2.21. The molecule has 0 aliphatic heterocycles. The van der Waals surface area contributed by atoms with E-state index >= 15 is 0 Å². The Bertz CT molecular complexity index is 530. The summed E-state index contributed by atoms with van der Waals surface area (Å²) in [7, 11) is 0. The normalized spacial score (nSPS) is 10.4. The molecule has 3 nitrogen and oxygen atoms in total. The van der Waals surface area contributed by atoms with Crippen molar-refractivity contribution >= 4 is 23.9 Å². The van der Waals surface area contributed by atoms with Crippen LogP contribution in [0.5, 0.6) is 5.75 Å². The zero-order chi connectivity index (χ0) is 10.1. The first-order valence-electron chi connectivity index (χ1n) is 4.06. The number of aryl methyl sites for hydroxylation is 1. The summed E-state index contributed by atoms with van der Waals surface area (Å²) in [5.74, 6) is 0.551. The monoisotopic (exact) mass is 208 g/mol. The van der Waals surface area contributed by atoms with Gasteiger partial charge in [0.2, 0.25) is 0 Å². The van der Waals surface area contributed by atoms with Crippen molar-refractivity contribution in [1.82, 2.24) is 0 Å². The lowest BCUT2D eigenvalue weighted by atomic mass is 10.1. The summed E-state index contributed by atoms with van der Waals surface area (Å²) < 4.78 is 9.75. The Morgan fingerprint density at radius 1 is 1.36 bits per heavy atom. The van der Waals surface area contributed by atoms with Crippen molar-refractivity contribution in [2.24, 2.45) is 0 Å². The van der Waals surface area contributed by atoms with E-state index in [2.05, 4.69) is 12.9 Å². The fraction of sp³-hybridized carbons (Fsp3) is 0.100. The van der Waals surface area contributed by atoms with Crippen molar-refractivity contribution in [3.05, 3.63) is 40.2 Å². The first-order chi connectivity index (χ1) is 6.70. The van der Waals surface area contributed by atoms with Crippen LogP contribution in [-0.2, 0) is 0 Å². The maximum absolute atomic E-state index is 11.1. The molecule has 14 heavy (non-hydrogen) atoms. The van der Waals surface area contributed by atoms with E-state index in [4.69, 9.17) is 8.60 Å². The van der Waals surface area contributed by atoms with Crippen molar-refractivity contribution in [3.63, 3.8) is 0 Å². The molecular weight excluding hydrogens is 200 g/mol. The minimum absolute atomic E-state index is 0.355. The minimum Gasteiger partial charge on any atom is -0.429 e. The average Bonchev–Trinajstić information content (AvgIpc) is 2.16. The van der Waals surface area contributed by atoms with Gasteiger partial charge in [0, 0.05) is 30.4 Å². The summed E-state index contributed by atoms with van der Waals surface area (Å²) in [5.41, 5.74) is 1.05. The minimum atomic E-state index is -0.355. The molecule has 1 heterocycles. The summed E-state index contributed by atoms with van der Waals surface area (Å²) in [6.07, 6.45) is 0. The molecule has 0 amide bonds. The Morgan fingerprint density at radius 2 is 2.14 bits per heavy atom. The molecule has 2 aromatic rings. The van der Waals surface area contributed by atoms with E-state index < -0.39 is 0 Å². The molecule has 72 valence electrons. The maximum atomic E-state index is 11.1. The van der Waals surface area contributed by atoms with Crippen LogP contribution in [-0.4, -0.2) is 0 Å². The summed E-state index contributed by atoms with van der Waals surface area (Å²) in [6, 6.07) is 6.70. The Balaban J connectivity index is 2.82. The number of benzene rings is 1. The van der Waals surface area contributed by atoms with Gasteiger partial charge in [-0.25, -0.2) is 4.79 Å². The quantitative estimate of drug-likeness (QED) is 0.444. The molecule has 4 heteroatoms. The van der Waals surface area contributed by atoms with Crippen LogP contribution < -0.4 is 9.81 Å². The van der Waals surface area contributed by atoms with Crippen molar-refractivity contribution in [2.75, 3.05) is 0 Å². The van der Waals surface area contributed by atoms with Crippen LogP contribution in [0.25, 0.3) is 11.0 Å². The first-order valence-corrected chi connectivity index (χ1v) is 4.43. The van der Waals surface area contributed by atoms with Gasteiger partial charge in [0.05, 0.1) is 0 Å². The smallest absolute Gasteiger partial charge is 0.336 e. The van der Waals surface area contributed by atoms with Gasteiger partial charge in [0.1, 0.15) is 11.3 Å². The molecule has 0 unspecified atom stereocenters. The Hall–Kier alpha value is -1.42. The van der Waals surface area contributed by atoms with Gasteiger partial charge in [-0.3, -0.25) is 0 Å². The SMILES string of the molecule is Cc1cc(=O)oc2cc(OS)ccc12. The highest BCUT2D eigenvalue weighted by Crippen LogP contribution is 2.22. The van der Waals surface area contributed by atoms with Gasteiger partial charge in [-0.2, -0.15) is 0 Å². The van der Waals surface area contributed by atoms with E-state index in [1.165, 1.54) is 6.07 Å². The lowest BCUT2D eigenvalue weighted by molar-refractivity contribution is 0.557. The molecule has 0 fully saturated rings. The topological polar surface area (TPSA) is 39.4 Å². The molecule has 0 aliphatic rings. The third-order valence-electron chi connectivity index (χ3n) is 2.03. The molecule has 0 spiro atoms. The molecule has 0 atom stereocenters. The predicted octanol–water partition coefficient (Wildman–Crippen LogP) is 2.33. The largest absolute Gasteiger partial charge is 0.429 e. The third kappa shape index (κ3) is 1.48. The highest BCUT2D eigenvalue weighted by atomic mass is 32.1. The fourth-order valence-electron chi connectivity index (χ4n) is 1.36. The van der Waals surface area contributed by atoms with Crippen LogP contribution in [0.2, 0.25) is 0 Å². The van der Waals surface area contributed by atoms with Crippen LogP contribution in [0.4, 0.5) is 0 Å². The van der Waals surface area contributed by atoms with Gasteiger partial charge >= 0.3 is 5.63 Å². The molecule has 0 bridgehead atoms. The highest BCUT2D eigenvalue weighted by Gasteiger charge is 2.02. The molecule has 0 radical (unpaired) electrons. The number of thiol groups is 1. The van der Waals surface area contributed by atoms with Gasteiger partial charge in [0.15, 0.2) is 0 Å². The maximum Gasteiger partial charge on any atom is 0.336 e. The summed E-state index contributed by atoms with van der Waals surface area (Å²) in [5, 5.41) is 0.902. The van der Waals surface area contributed by atoms with Crippen LogP contribution in [0, 0.1) is 6.92 Å². The lowest BCUT2D eigenvalue weighted by Crippen LogP contribution is -1.97.